The molecule has 1 amide bonds. The SMILES string of the molecule is CC(=O)CCC(=O)Nc1ccc2nc(Cl)[nH]c2c1. The van der Waals surface area contributed by atoms with Crippen LogP contribution in [0.5, 0.6) is 0 Å². The van der Waals surface area contributed by atoms with E-state index < -0.39 is 0 Å². The first-order chi connectivity index (χ1) is 8.54. The zero-order valence-electron chi connectivity index (χ0n) is 9.79. The first-order valence-electron chi connectivity index (χ1n) is 5.49. The van der Waals surface area contributed by atoms with Crippen LogP contribution in [0, 0.1) is 0 Å². The Hall–Kier alpha value is -1.88. The number of rotatable bonds is 4. The quantitative estimate of drug-likeness (QED) is 0.892. The monoisotopic (exact) mass is 265 g/mol. The van der Waals surface area contributed by atoms with Gasteiger partial charge >= 0.3 is 0 Å². The molecule has 0 saturated carbocycles. The van der Waals surface area contributed by atoms with E-state index in [0.717, 1.165) is 11.0 Å². The number of aromatic amines is 1. The Balaban J connectivity index is 2.07. The van der Waals surface area contributed by atoms with E-state index in [2.05, 4.69) is 15.3 Å². The number of halogens is 1. The number of carbonyl (C=O) groups excluding carboxylic acids is 2. The molecule has 0 atom stereocenters. The fraction of sp³-hybridized carbons (Fsp3) is 0.250. The zero-order chi connectivity index (χ0) is 13.1. The molecule has 2 N–H and O–H groups in total. The number of imidazole rings is 1. The highest BCUT2D eigenvalue weighted by atomic mass is 35.5. The first-order valence-corrected chi connectivity index (χ1v) is 5.87. The minimum absolute atomic E-state index is 0.000881. The molecular weight excluding hydrogens is 254 g/mol. The van der Waals surface area contributed by atoms with E-state index in [1.807, 2.05) is 0 Å². The smallest absolute Gasteiger partial charge is 0.224 e. The number of aromatic nitrogens is 2. The molecule has 2 aromatic rings. The molecule has 0 bridgehead atoms. The molecule has 0 aliphatic rings. The van der Waals surface area contributed by atoms with E-state index in [1.165, 1.54) is 6.92 Å². The summed E-state index contributed by atoms with van der Waals surface area (Å²) >= 11 is 5.73. The van der Waals surface area contributed by atoms with Gasteiger partial charge in [0, 0.05) is 18.5 Å². The van der Waals surface area contributed by atoms with Gasteiger partial charge in [-0.05, 0) is 36.7 Å². The lowest BCUT2D eigenvalue weighted by Crippen LogP contribution is -2.12. The number of benzene rings is 1. The number of anilines is 1. The van der Waals surface area contributed by atoms with E-state index in [-0.39, 0.29) is 24.5 Å². The normalized spacial score (nSPS) is 10.6. The largest absolute Gasteiger partial charge is 0.329 e. The van der Waals surface area contributed by atoms with Gasteiger partial charge in [0.15, 0.2) is 0 Å². The Bertz CT molecular complexity index is 606. The second kappa shape index (κ2) is 5.18. The summed E-state index contributed by atoms with van der Waals surface area (Å²) in [5.41, 5.74) is 2.14. The number of hydrogen-bond donors (Lipinski definition) is 2. The third-order valence-corrected chi connectivity index (χ3v) is 2.62. The molecule has 0 unspecified atom stereocenters. The highest BCUT2D eigenvalue weighted by Gasteiger charge is 2.06. The van der Waals surface area contributed by atoms with Gasteiger partial charge in [0.05, 0.1) is 11.0 Å². The van der Waals surface area contributed by atoms with Crippen molar-refractivity contribution in [3.05, 3.63) is 23.5 Å². The Morgan fingerprint density at radius 2 is 2.17 bits per heavy atom. The number of H-pyrrole nitrogens is 1. The van der Waals surface area contributed by atoms with Crippen molar-refractivity contribution in [2.24, 2.45) is 0 Å². The van der Waals surface area contributed by atoms with Crippen LogP contribution in [0.1, 0.15) is 19.8 Å². The van der Waals surface area contributed by atoms with Gasteiger partial charge in [0.1, 0.15) is 5.78 Å². The summed E-state index contributed by atoms with van der Waals surface area (Å²) in [6.45, 7) is 1.46. The van der Waals surface area contributed by atoms with E-state index in [9.17, 15) is 9.59 Å². The topological polar surface area (TPSA) is 74.8 Å². The van der Waals surface area contributed by atoms with Gasteiger partial charge in [-0.15, -0.1) is 0 Å². The maximum atomic E-state index is 11.5. The van der Waals surface area contributed by atoms with Gasteiger partial charge in [-0.1, -0.05) is 0 Å². The van der Waals surface area contributed by atoms with Crippen molar-refractivity contribution in [3.63, 3.8) is 0 Å². The molecule has 0 aliphatic heterocycles. The van der Waals surface area contributed by atoms with Crippen LogP contribution >= 0.6 is 11.6 Å². The van der Waals surface area contributed by atoms with Crippen molar-refractivity contribution in [1.82, 2.24) is 9.97 Å². The Morgan fingerprint density at radius 1 is 1.39 bits per heavy atom. The van der Waals surface area contributed by atoms with Crippen molar-refractivity contribution in [2.45, 2.75) is 19.8 Å². The number of fused-ring (bicyclic) bond motifs is 1. The molecule has 6 heteroatoms. The molecule has 94 valence electrons. The number of Topliss-reactive ketones (excluding diaryl/α,β-unsaturated/α-hetero) is 1. The lowest BCUT2D eigenvalue weighted by molar-refractivity contribution is -0.121. The van der Waals surface area contributed by atoms with Crippen LogP contribution in [-0.2, 0) is 9.59 Å². The van der Waals surface area contributed by atoms with Gasteiger partial charge in [0.2, 0.25) is 11.2 Å². The maximum Gasteiger partial charge on any atom is 0.224 e. The van der Waals surface area contributed by atoms with Crippen LogP contribution in [0.15, 0.2) is 18.2 Å². The second-order valence-electron chi connectivity index (χ2n) is 4.01. The predicted molar refractivity (Wildman–Crippen MR) is 69.6 cm³/mol. The number of nitrogens with zero attached hydrogens (tertiary/aromatic N) is 1. The number of ketones is 1. The molecule has 0 saturated heterocycles. The highest BCUT2D eigenvalue weighted by molar-refractivity contribution is 6.29. The van der Waals surface area contributed by atoms with Gasteiger partial charge in [-0.2, -0.15) is 0 Å². The zero-order valence-corrected chi connectivity index (χ0v) is 10.5. The molecule has 5 nitrogen and oxygen atoms in total. The van der Waals surface area contributed by atoms with Gasteiger partial charge in [-0.25, -0.2) is 4.98 Å². The average Bonchev–Trinajstić information content (AvgIpc) is 2.66. The molecule has 0 fully saturated rings. The fourth-order valence-corrected chi connectivity index (χ4v) is 1.76. The third kappa shape index (κ3) is 3.07. The van der Waals surface area contributed by atoms with E-state index >= 15 is 0 Å². The molecule has 1 aromatic heterocycles. The summed E-state index contributed by atoms with van der Waals surface area (Å²) in [4.78, 5) is 29.2. The van der Waals surface area contributed by atoms with E-state index in [1.54, 1.807) is 18.2 Å². The standard InChI is InChI=1S/C12H12ClN3O2/c1-7(17)2-5-11(18)14-8-3-4-9-10(6-8)16-12(13)15-9/h3-4,6H,2,5H2,1H3,(H,14,18)(H,15,16). The van der Waals surface area contributed by atoms with E-state index in [4.69, 9.17) is 11.6 Å². The first kappa shape index (κ1) is 12.6. The lowest BCUT2D eigenvalue weighted by Gasteiger charge is -2.04. The average molecular weight is 266 g/mol. The number of amides is 1. The Labute approximate surface area is 109 Å². The van der Waals surface area contributed by atoms with Gasteiger partial charge in [-0.3, -0.25) is 4.79 Å². The summed E-state index contributed by atoms with van der Waals surface area (Å²) in [5.74, 6) is -0.184. The summed E-state index contributed by atoms with van der Waals surface area (Å²) in [5, 5.41) is 3.03. The molecule has 1 heterocycles. The highest BCUT2D eigenvalue weighted by Crippen LogP contribution is 2.19. The number of carbonyl (C=O) groups is 2. The van der Waals surface area contributed by atoms with Gasteiger partial charge < -0.3 is 15.1 Å². The van der Waals surface area contributed by atoms with Crippen molar-refractivity contribution in [1.29, 1.82) is 0 Å². The minimum Gasteiger partial charge on any atom is -0.329 e. The van der Waals surface area contributed by atoms with Crippen molar-refractivity contribution >= 4 is 40.0 Å². The molecule has 0 aliphatic carbocycles. The summed E-state index contributed by atoms with van der Waals surface area (Å²) in [6, 6.07) is 5.25. The third-order valence-electron chi connectivity index (χ3n) is 2.44. The van der Waals surface area contributed by atoms with Crippen LogP contribution in [0.25, 0.3) is 11.0 Å². The van der Waals surface area contributed by atoms with Crippen molar-refractivity contribution in [2.75, 3.05) is 5.32 Å². The summed E-state index contributed by atoms with van der Waals surface area (Å²) in [6.07, 6.45) is 0.446. The van der Waals surface area contributed by atoms with Crippen LogP contribution in [0.4, 0.5) is 5.69 Å². The maximum absolute atomic E-state index is 11.5. The Morgan fingerprint density at radius 3 is 2.89 bits per heavy atom. The minimum atomic E-state index is -0.185. The van der Waals surface area contributed by atoms with Crippen LogP contribution in [0.2, 0.25) is 5.28 Å². The summed E-state index contributed by atoms with van der Waals surface area (Å²) in [7, 11) is 0. The molecular formula is C12H12ClN3O2. The number of nitrogens with one attached hydrogen (secondary N) is 2. The summed E-state index contributed by atoms with van der Waals surface area (Å²) < 4.78 is 0. The van der Waals surface area contributed by atoms with Gasteiger partial charge in [0.25, 0.3) is 0 Å². The molecule has 0 spiro atoms. The van der Waals surface area contributed by atoms with Crippen LogP contribution in [-0.4, -0.2) is 21.7 Å². The predicted octanol–water partition coefficient (Wildman–Crippen LogP) is 2.52. The number of hydrogen-bond acceptors (Lipinski definition) is 3. The van der Waals surface area contributed by atoms with Crippen molar-refractivity contribution < 1.29 is 9.59 Å². The van der Waals surface area contributed by atoms with Crippen molar-refractivity contribution in [3.8, 4) is 0 Å². The second-order valence-corrected chi connectivity index (χ2v) is 4.37. The lowest BCUT2D eigenvalue weighted by atomic mass is 10.2. The molecule has 18 heavy (non-hydrogen) atoms. The Kier molecular flexibility index (Phi) is 3.62. The van der Waals surface area contributed by atoms with E-state index in [0.29, 0.717) is 11.0 Å². The molecule has 1 aromatic carbocycles. The fourth-order valence-electron chi connectivity index (χ4n) is 1.57. The van der Waals surface area contributed by atoms with Crippen LogP contribution < -0.4 is 5.32 Å². The molecule has 2 rings (SSSR count). The van der Waals surface area contributed by atoms with Crippen LogP contribution in [0.3, 0.4) is 0 Å². The molecule has 0 radical (unpaired) electrons.